The van der Waals surface area contributed by atoms with Crippen molar-refractivity contribution in [2.75, 3.05) is 12.1 Å². The third kappa shape index (κ3) is 3.18. The second-order valence-corrected chi connectivity index (χ2v) is 7.91. The fourth-order valence-corrected chi connectivity index (χ4v) is 4.19. The highest BCUT2D eigenvalue weighted by atomic mass is 32.1. The molecule has 0 saturated carbocycles. The number of hydrogen-bond donors (Lipinski definition) is 1. The predicted molar refractivity (Wildman–Crippen MR) is 109 cm³/mol. The molecular weight excluding hydrogens is 372 g/mol. The van der Waals surface area contributed by atoms with Crippen LogP contribution in [0, 0.1) is 0 Å². The maximum absolute atomic E-state index is 5.52. The molecule has 1 aliphatic rings. The molecule has 0 amide bonds. The van der Waals surface area contributed by atoms with Crippen molar-refractivity contribution in [3.05, 3.63) is 70.4 Å². The average Bonchev–Trinajstić information content (AvgIpc) is 3.45. The van der Waals surface area contributed by atoms with Crippen LogP contribution in [0.1, 0.15) is 29.0 Å². The molecule has 0 aliphatic carbocycles. The molecule has 0 bridgehead atoms. The van der Waals surface area contributed by atoms with Crippen LogP contribution in [-0.4, -0.2) is 21.2 Å². The van der Waals surface area contributed by atoms with Crippen LogP contribution < -0.4 is 14.8 Å². The Bertz CT molecular complexity index is 1110. The van der Waals surface area contributed by atoms with E-state index in [1.807, 2.05) is 12.3 Å². The summed E-state index contributed by atoms with van der Waals surface area (Å²) < 4.78 is 13.0. The largest absolute Gasteiger partial charge is 0.454 e. The Morgan fingerprint density at radius 2 is 2.18 bits per heavy atom. The van der Waals surface area contributed by atoms with Crippen LogP contribution in [0.2, 0.25) is 0 Å². The van der Waals surface area contributed by atoms with Gasteiger partial charge in [0.25, 0.3) is 0 Å². The quantitative estimate of drug-likeness (QED) is 0.524. The van der Waals surface area contributed by atoms with Gasteiger partial charge in [-0.05, 0) is 35.6 Å². The molecular formula is C21H20N4O2S. The standard InChI is InChI=1S/C21H20N4O2S/c1-14(9-15-4-5-17-18(10-15)27-13-26-17)20-21(23-11-16-3-2-8-28-16)25-7-6-22-12-19(25)24-20/h2-8,10,12,14,23H,9,11,13H2,1H3/t14-/m1/s1. The lowest BCUT2D eigenvalue weighted by atomic mass is 9.97. The van der Waals surface area contributed by atoms with E-state index in [2.05, 4.69) is 51.3 Å². The third-order valence-corrected chi connectivity index (χ3v) is 5.79. The van der Waals surface area contributed by atoms with Gasteiger partial charge in [0.05, 0.1) is 18.4 Å². The van der Waals surface area contributed by atoms with Gasteiger partial charge in [-0.2, -0.15) is 0 Å². The highest BCUT2D eigenvalue weighted by Crippen LogP contribution is 2.35. The number of imidazole rings is 1. The van der Waals surface area contributed by atoms with Gasteiger partial charge in [-0.25, -0.2) is 4.98 Å². The molecule has 1 atom stereocenters. The lowest BCUT2D eigenvalue weighted by Gasteiger charge is -2.13. The fraction of sp³-hybridized carbons (Fsp3) is 0.238. The first kappa shape index (κ1) is 17.1. The van der Waals surface area contributed by atoms with Crippen LogP contribution in [0.4, 0.5) is 5.82 Å². The SMILES string of the molecule is C[C@H](Cc1ccc2c(c1)OCO2)c1nc2cnccn2c1NCc1cccs1. The molecule has 0 saturated heterocycles. The first-order chi connectivity index (χ1) is 13.8. The molecule has 4 aromatic rings. The molecule has 1 aromatic carbocycles. The number of rotatable bonds is 6. The zero-order chi connectivity index (χ0) is 18.9. The van der Waals surface area contributed by atoms with E-state index in [9.17, 15) is 0 Å². The summed E-state index contributed by atoms with van der Waals surface area (Å²) in [5.41, 5.74) is 3.10. The molecule has 0 unspecified atom stereocenters. The molecule has 0 fully saturated rings. The van der Waals surface area contributed by atoms with E-state index in [-0.39, 0.29) is 5.92 Å². The van der Waals surface area contributed by atoms with Crippen molar-refractivity contribution in [2.45, 2.75) is 25.8 Å². The number of nitrogens with zero attached hydrogens (tertiary/aromatic N) is 3. The molecule has 5 rings (SSSR count). The predicted octanol–water partition coefficient (Wildman–Crippen LogP) is 4.48. The molecule has 7 heteroatoms. The van der Waals surface area contributed by atoms with Gasteiger partial charge in [-0.3, -0.25) is 9.38 Å². The van der Waals surface area contributed by atoms with E-state index in [0.717, 1.165) is 41.6 Å². The Kier molecular flexibility index (Phi) is 4.37. The molecule has 1 N–H and O–H groups in total. The van der Waals surface area contributed by atoms with E-state index in [4.69, 9.17) is 14.5 Å². The topological polar surface area (TPSA) is 60.7 Å². The van der Waals surface area contributed by atoms with Crippen LogP contribution >= 0.6 is 11.3 Å². The minimum absolute atomic E-state index is 0.228. The highest BCUT2D eigenvalue weighted by Gasteiger charge is 2.20. The Morgan fingerprint density at radius 3 is 3.07 bits per heavy atom. The number of ether oxygens (including phenoxy) is 2. The summed E-state index contributed by atoms with van der Waals surface area (Å²) in [6, 6.07) is 10.4. The van der Waals surface area contributed by atoms with Crippen molar-refractivity contribution < 1.29 is 9.47 Å². The molecule has 3 aromatic heterocycles. The molecule has 28 heavy (non-hydrogen) atoms. The van der Waals surface area contributed by atoms with E-state index < -0.39 is 0 Å². The van der Waals surface area contributed by atoms with Crippen LogP contribution in [0.3, 0.4) is 0 Å². The van der Waals surface area contributed by atoms with Gasteiger partial charge in [-0.1, -0.05) is 19.1 Å². The average molecular weight is 392 g/mol. The maximum atomic E-state index is 5.52. The summed E-state index contributed by atoms with van der Waals surface area (Å²) in [6.45, 7) is 3.28. The number of benzene rings is 1. The van der Waals surface area contributed by atoms with Crippen LogP contribution in [-0.2, 0) is 13.0 Å². The Hall–Kier alpha value is -3.06. The molecule has 1 aliphatic heterocycles. The van der Waals surface area contributed by atoms with E-state index in [1.165, 1.54) is 10.4 Å². The normalized spacial score (nSPS) is 13.8. The lowest BCUT2D eigenvalue weighted by Crippen LogP contribution is -2.07. The molecule has 0 spiro atoms. The van der Waals surface area contributed by atoms with Crippen molar-refractivity contribution in [3.8, 4) is 11.5 Å². The van der Waals surface area contributed by atoms with Crippen LogP contribution in [0.5, 0.6) is 11.5 Å². The number of thiophene rings is 1. The van der Waals surface area contributed by atoms with Crippen molar-refractivity contribution in [3.63, 3.8) is 0 Å². The van der Waals surface area contributed by atoms with Gasteiger partial charge in [0, 0.05) is 23.2 Å². The van der Waals surface area contributed by atoms with Gasteiger partial charge in [0.15, 0.2) is 17.1 Å². The Labute approximate surface area is 166 Å². The van der Waals surface area contributed by atoms with Gasteiger partial charge in [0.1, 0.15) is 5.82 Å². The second-order valence-electron chi connectivity index (χ2n) is 6.88. The highest BCUT2D eigenvalue weighted by molar-refractivity contribution is 7.09. The van der Waals surface area contributed by atoms with Gasteiger partial charge in [-0.15, -0.1) is 11.3 Å². The number of anilines is 1. The zero-order valence-corrected chi connectivity index (χ0v) is 16.3. The van der Waals surface area contributed by atoms with E-state index >= 15 is 0 Å². The third-order valence-electron chi connectivity index (χ3n) is 4.91. The summed E-state index contributed by atoms with van der Waals surface area (Å²) in [5, 5.41) is 5.68. The molecule has 6 nitrogen and oxygen atoms in total. The number of hydrogen-bond acceptors (Lipinski definition) is 6. The number of aromatic nitrogens is 3. The molecule has 4 heterocycles. The summed E-state index contributed by atoms with van der Waals surface area (Å²) in [4.78, 5) is 10.4. The number of fused-ring (bicyclic) bond motifs is 2. The molecule has 142 valence electrons. The molecule has 0 radical (unpaired) electrons. The first-order valence-corrected chi connectivity index (χ1v) is 10.1. The van der Waals surface area contributed by atoms with Crippen molar-refractivity contribution in [1.82, 2.24) is 14.4 Å². The second kappa shape index (κ2) is 7.16. The fourth-order valence-electron chi connectivity index (χ4n) is 3.55. The van der Waals surface area contributed by atoms with E-state index in [1.54, 1.807) is 23.7 Å². The maximum Gasteiger partial charge on any atom is 0.231 e. The van der Waals surface area contributed by atoms with Gasteiger partial charge < -0.3 is 14.8 Å². The first-order valence-electron chi connectivity index (χ1n) is 9.24. The Balaban J connectivity index is 1.44. The summed E-state index contributed by atoms with van der Waals surface area (Å²) in [7, 11) is 0. The lowest BCUT2D eigenvalue weighted by molar-refractivity contribution is 0.174. The van der Waals surface area contributed by atoms with Crippen molar-refractivity contribution >= 4 is 22.8 Å². The minimum atomic E-state index is 0.228. The summed E-state index contributed by atoms with van der Waals surface area (Å²) >= 11 is 1.75. The number of nitrogens with one attached hydrogen (secondary N) is 1. The van der Waals surface area contributed by atoms with Crippen molar-refractivity contribution in [2.24, 2.45) is 0 Å². The van der Waals surface area contributed by atoms with Crippen molar-refractivity contribution in [1.29, 1.82) is 0 Å². The monoisotopic (exact) mass is 392 g/mol. The van der Waals surface area contributed by atoms with Gasteiger partial charge >= 0.3 is 0 Å². The van der Waals surface area contributed by atoms with E-state index in [0.29, 0.717) is 6.79 Å². The van der Waals surface area contributed by atoms with Gasteiger partial charge in [0.2, 0.25) is 6.79 Å². The smallest absolute Gasteiger partial charge is 0.231 e. The Morgan fingerprint density at radius 1 is 1.25 bits per heavy atom. The van der Waals surface area contributed by atoms with Crippen LogP contribution in [0.15, 0.2) is 54.3 Å². The minimum Gasteiger partial charge on any atom is -0.454 e. The zero-order valence-electron chi connectivity index (χ0n) is 15.5. The summed E-state index contributed by atoms with van der Waals surface area (Å²) in [6.07, 6.45) is 6.40. The summed E-state index contributed by atoms with van der Waals surface area (Å²) in [5.74, 6) is 2.89. The van der Waals surface area contributed by atoms with Crippen LogP contribution in [0.25, 0.3) is 5.65 Å².